The predicted molar refractivity (Wildman–Crippen MR) is 80.3 cm³/mol. The molecule has 1 atom stereocenters. The van der Waals surface area contributed by atoms with Crippen molar-refractivity contribution >= 4 is 22.4 Å². The van der Waals surface area contributed by atoms with Crippen LogP contribution in [0.15, 0.2) is 29.8 Å². The summed E-state index contributed by atoms with van der Waals surface area (Å²) in [7, 11) is 0. The molecule has 2 aromatic rings. The molecule has 0 saturated carbocycles. The van der Waals surface area contributed by atoms with Gasteiger partial charge in [0.15, 0.2) is 0 Å². The summed E-state index contributed by atoms with van der Waals surface area (Å²) in [5, 5.41) is 10.8. The third-order valence-electron chi connectivity index (χ3n) is 3.40. The summed E-state index contributed by atoms with van der Waals surface area (Å²) < 4.78 is 5.78. The molecule has 1 aromatic carbocycles. The number of benzene rings is 1. The number of para-hydroxylation sites is 1. The lowest BCUT2D eigenvalue weighted by Crippen LogP contribution is -2.40. The second-order valence-electron chi connectivity index (χ2n) is 4.96. The number of anilines is 1. The second kappa shape index (κ2) is 6.19. The van der Waals surface area contributed by atoms with Crippen LogP contribution in [0.4, 0.5) is 5.13 Å². The van der Waals surface area contributed by atoms with Gasteiger partial charge in [0.05, 0.1) is 6.54 Å². The molecule has 2 heterocycles. The molecule has 1 aromatic heterocycles. The Balaban J connectivity index is 1.68. The van der Waals surface area contributed by atoms with Crippen molar-refractivity contribution in [2.75, 3.05) is 18.5 Å². The summed E-state index contributed by atoms with van der Waals surface area (Å²) in [6, 6.07) is 8.10. The van der Waals surface area contributed by atoms with E-state index in [1.807, 2.05) is 24.3 Å². The molecule has 21 heavy (non-hydrogen) atoms. The summed E-state index contributed by atoms with van der Waals surface area (Å²) in [6.07, 6.45) is 0. The lowest BCUT2D eigenvalue weighted by atomic mass is 10.2. The van der Waals surface area contributed by atoms with E-state index in [0.717, 1.165) is 11.3 Å². The Morgan fingerprint density at radius 3 is 3.19 bits per heavy atom. The molecule has 6 nitrogen and oxygen atoms in total. The minimum absolute atomic E-state index is 0.0852. The van der Waals surface area contributed by atoms with Gasteiger partial charge in [-0.05, 0) is 13.0 Å². The van der Waals surface area contributed by atoms with Gasteiger partial charge in [0.2, 0.25) is 11.0 Å². The van der Waals surface area contributed by atoms with E-state index in [1.165, 1.54) is 11.3 Å². The summed E-state index contributed by atoms with van der Waals surface area (Å²) >= 11 is 1.31. The Labute approximate surface area is 126 Å². The number of nitrogens with one attached hydrogen (secondary N) is 1. The molecule has 0 saturated heterocycles. The van der Waals surface area contributed by atoms with E-state index < -0.39 is 0 Å². The number of amides is 1. The Hall–Kier alpha value is -1.99. The topological polar surface area (TPSA) is 67.3 Å². The minimum atomic E-state index is -0.0852. The molecular weight excluding hydrogens is 288 g/mol. The first-order valence-corrected chi connectivity index (χ1v) is 7.61. The van der Waals surface area contributed by atoms with Crippen LogP contribution in [0.25, 0.3) is 0 Å². The molecule has 0 fully saturated rings. The largest absolute Gasteiger partial charge is 0.492 e. The van der Waals surface area contributed by atoms with Crippen LogP contribution in [0.1, 0.15) is 12.5 Å². The van der Waals surface area contributed by atoms with Crippen LogP contribution >= 0.6 is 11.3 Å². The van der Waals surface area contributed by atoms with Crippen LogP contribution in [-0.4, -0.2) is 40.2 Å². The summed E-state index contributed by atoms with van der Waals surface area (Å²) in [5.74, 6) is 0.814. The van der Waals surface area contributed by atoms with Gasteiger partial charge in [0.1, 0.15) is 17.9 Å². The van der Waals surface area contributed by atoms with E-state index in [2.05, 4.69) is 27.3 Å². The maximum atomic E-state index is 12.1. The quantitative estimate of drug-likeness (QED) is 0.936. The average Bonchev–Trinajstić information content (AvgIpc) is 2.92. The highest BCUT2D eigenvalue weighted by atomic mass is 32.1. The zero-order valence-corrected chi connectivity index (χ0v) is 12.5. The number of rotatable bonds is 3. The average molecular weight is 304 g/mol. The standard InChI is InChI=1S/C14H16N4O2S/c1-10-8-20-12-5-3-2-4-11(12)6-18(10)7-13(19)16-14-17-15-9-21-14/h2-5,9-10H,6-8H2,1H3,(H,16,17,19)/t10-/m0/s1. The zero-order valence-electron chi connectivity index (χ0n) is 11.7. The number of hydrogen-bond donors (Lipinski definition) is 1. The highest BCUT2D eigenvalue weighted by Crippen LogP contribution is 2.24. The third-order valence-corrected chi connectivity index (χ3v) is 4.01. The Kier molecular flexibility index (Phi) is 4.12. The first-order valence-electron chi connectivity index (χ1n) is 6.73. The van der Waals surface area contributed by atoms with Crippen molar-refractivity contribution in [2.24, 2.45) is 0 Å². The maximum absolute atomic E-state index is 12.1. The monoisotopic (exact) mass is 304 g/mol. The predicted octanol–water partition coefficient (Wildman–Crippen LogP) is 1.76. The van der Waals surface area contributed by atoms with E-state index in [4.69, 9.17) is 4.74 Å². The van der Waals surface area contributed by atoms with Gasteiger partial charge in [-0.25, -0.2) is 0 Å². The van der Waals surface area contributed by atoms with Crippen molar-refractivity contribution < 1.29 is 9.53 Å². The summed E-state index contributed by atoms with van der Waals surface area (Å²) in [4.78, 5) is 14.2. The fourth-order valence-corrected chi connectivity index (χ4v) is 2.71. The van der Waals surface area contributed by atoms with Gasteiger partial charge in [-0.2, -0.15) is 0 Å². The normalized spacial score (nSPS) is 18.4. The summed E-state index contributed by atoms with van der Waals surface area (Å²) in [6.45, 7) is 3.63. The van der Waals surface area contributed by atoms with Crippen molar-refractivity contribution in [3.8, 4) is 5.75 Å². The molecular formula is C14H16N4O2S. The van der Waals surface area contributed by atoms with Crippen molar-refractivity contribution in [3.63, 3.8) is 0 Å². The van der Waals surface area contributed by atoms with E-state index in [-0.39, 0.29) is 11.9 Å². The SMILES string of the molecule is C[C@H]1COc2ccccc2CN1CC(=O)Nc1nncs1. The minimum Gasteiger partial charge on any atom is -0.492 e. The van der Waals surface area contributed by atoms with Gasteiger partial charge in [-0.1, -0.05) is 29.5 Å². The second-order valence-corrected chi connectivity index (χ2v) is 5.80. The van der Waals surface area contributed by atoms with Crippen LogP contribution in [0.2, 0.25) is 0 Å². The number of hydrogen-bond acceptors (Lipinski definition) is 6. The van der Waals surface area contributed by atoms with E-state index in [9.17, 15) is 4.79 Å². The molecule has 0 unspecified atom stereocenters. The molecule has 110 valence electrons. The third kappa shape index (κ3) is 3.37. The highest BCUT2D eigenvalue weighted by molar-refractivity contribution is 7.13. The fourth-order valence-electron chi connectivity index (χ4n) is 2.25. The van der Waals surface area contributed by atoms with Gasteiger partial charge in [-0.3, -0.25) is 15.0 Å². The summed E-state index contributed by atoms with van der Waals surface area (Å²) in [5.41, 5.74) is 2.69. The smallest absolute Gasteiger partial charge is 0.240 e. The van der Waals surface area contributed by atoms with Gasteiger partial charge in [0, 0.05) is 18.2 Å². The molecule has 7 heteroatoms. The van der Waals surface area contributed by atoms with Gasteiger partial charge >= 0.3 is 0 Å². The van der Waals surface area contributed by atoms with Crippen molar-refractivity contribution in [1.29, 1.82) is 0 Å². The number of carbonyl (C=O) groups excluding carboxylic acids is 1. The Bertz CT molecular complexity index is 617. The number of aromatic nitrogens is 2. The van der Waals surface area contributed by atoms with Gasteiger partial charge < -0.3 is 4.74 Å². The molecule has 1 N–H and O–H groups in total. The molecule has 1 aliphatic rings. The van der Waals surface area contributed by atoms with Crippen LogP contribution in [0, 0.1) is 0 Å². The number of fused-ring (bicyclic) bond motifs is 1. The van der Waals surface area contributed by atoms with Gasteiger partial charge in [0.25, 0.3) is 0 Å². The van der Waals surface area contributed by atoms with E-state index >= 15 is 0 Å². The van der Waals surface area contributed by atoms with Crippen LogP contribution in [0.5, 0.6) is 5.75 Å². The first-order chi connectivity index (χ1) is 10.2. The molecule has 1 amide bonds. The Morgan fingerprint density at radius 2 is 2.38 bits per heavy atom. The maximum Gasteiger partial charge on any atom is 0.240 e. The van der Waals surface area contributed by atoms with Crippen molar-refractivity contribution in [3.05, 3.63) is 35.3 Å². The zero-order chi connectivity index (χ0) is 14.7. The van der Waals surface area contributed by atoms with E-state index in [0.29, 0.717) is 24.8 Å². The lowest BCUT2D eigenvalue weighted by molar-refractivity contribution is -0.118. The van der Waals surface area contributed by atoms with E-state index in [1.54, 1.807) is 5.51 Å². The van der Waals surface area contributed by atoms with Crippen LogP contribution < -0.4 is 10.1 Å². The molecule has 3 rings (SSSR count). The number of carbonyl (C=O) groups is 1. The highest BCUT2D eigenvalue weighted by Gasteiger charge is 2.23. The fraction of sp³-hybridized carbons (Fsp3) is 0.357. The molecule has 0 radical (unpaired) electrons. The number of ether oxygens (including phenoxy) is 1. The Morgan fingerprint density at radius 1 is 1.52 bits per heavy atom. The lowest BCUT2D eigenvalue weighted by Gasteiger charge is -2.24. The molecule has 0 spiro atoms. The molecule has 0 aliphatic carbocycles. The molecule has 1 aliphatic heterocycles. The van der Waals surface area contributed by atoms with Crippen molar-refractivity contribution in [2.45, 2.75) is 19.5 Å². The van der Waals surface area contributed by atoms with Gasteiger partial charge in [-0.15, -0.1) is 10.2 Å². The number of nitrogens with zero attached hydrogens (tertiary/aromatic N) is 3. The van der Waals surface area contributed by atoms with Crippen LogP contribution in [-0.2, 0) is 11.3 Å². The van der Waals surface area contributed by atoms with Crippen molar-refractivity contribution in [1.82, 2.24) is 15.1 Å². The first kappa shape index (κ1) is 14.0. The van der Waals surface area contributed by atoms with Crippen LogP contribution in [0.3, 0.4) is 0 Å². The molecule has 0 bridgehead atoms.